The third kappa shape index (κ3) is 3.21. The van der Waals surface area contributed by atoms with Crippen LogP contribution in [0, 0.1) is 17.3 Å². The molecule has 1 aromatic carbocycles. The highest BCUT2D eigenvalue weighted by Gasteiger charge is 2.55. The number of benzene rings is 1. The lowest BCUT2D eigenvalue weighted by Crippen LogP contribution is -2.50. The average Bonchev–Trinajstić information content (AvgIpc) is 2.96. The van der Waals surface area contributed by atoms with Crippen LogP contribution in [0.15, 0.2) is 12.1 Å². The Morgan fingerprint density at radius 3 is 2.79 bits per heavy atom. The van der Waals surface area contributed by atoms with Gasteiger partial charge in [-0.05, 0) is 85.0 Å². The van der Waals surface area contributed by atoms with E-state index < -0.39 is 10.0 Å². The van der Waals surface area contributed by atoms with E-state index in [1.807, 2.05) is 12.1 Å². The van der Waals surface area contributed by atoms with E-state index in [1.54, 1.807) is 7.11 Å². The van der Waals surface area contributed by atoms with E-state index in [2.05, 4.69) is 11.6 Å². The molecule has 4 rings (SSSR count). The van der Waals surface area contributed by atoms with Gasteiger partial charge in [-0.2, -0.15) is 0 Å². The molecule has 3 aliphatic carbocycles. The fourth-order valence-corrected chi connectivity index (χ4v) is 7.62. The summed E-state index contributed by atoms with van der Waals surface area (Å²) in [6.07, 6.45) is 6.10. The third-order valence-electron chi connectivity index (χ3n) is 7.73. The monoisotopic (exact) mass is 408 g/mol. The summed E-state index contributed by atoms with van der Waals surface area (Å²) in [7, 11) is -1.72. The van der Waals surface area contributed by atoms with E-state index >= 15 is 0 Å². The van der Waals surface area contributed by atoms with Crippen LogP contribution < -0.4 is 15.2 Å². The molecule has 3 aliphatic rings. The minimum Gasteiger partial charge on any atom is -0.504 e. The number of sulfonamides is 1. The van der Waals surface area contributed by atoms with Gasteiger partial charge in [0.05, 0.1) is 12.9 Å². The second-order valence-corrected chi connectivity index (χ2v) is 10.9. The van der Waals surface area contributed by atoms with Crippen LogP contribution in [0.25, 0.3) is 0 Å². The lowest BCUT2D eigenvalue weighted by Gasteiger charge is -2.51. The molecule has 0 saturated heterocycles. The summed E-state index contributed by atoms with van der Waals surface area (Å²) < 4.78 is 33.0. The van der Waals surface area contributed by atoms with Crippen LogP contribution in [-0.4, -0.2) is 39.0 Å². The molecule has 0 amide bonds. The Morgan fingerprint density at radius 1 is 1.29 bits per heavy atom. The first kappa shape index (κ1) is 20.0. The van der Waals surface area contributed by atoms with E-state index in [4.69, 9.17) is 10.5 Å². The predicted molar refractivity (Wildman–Crippen MR) is 109 cm³/mol. The minimum atomic E-state index is -3.31. The molecule has 0 radical (unpaired) electrons. The van der Waals surface area contributed by atoms with Gasteiger partial charge in [0.2, 0.25) is 10.0 Å². The number of nitrogens with two attached hydrogens (primary N) is 1. The number of hydrogen-bond donors (Lipinski definition) is 3. The van der Waals surface area contributed by atoms with Crippen molar-refractivity contribution in [2.45, 2.75) is 57.4 Å². The van der Waals surface area contributed by atoms with Gasteiger partial charge in [-0.15, -0.1) is 0 Å². The van der Waals surface area contributed by atoms with Gasteiger partial charge in [0.25, 0.3) is 0 Å². The number of nitrogens with one attached hydrogen (secondary N) is 1. The van der Waals surface area contributed by atoms with Crippen LogP contribution in [0.1, 0.15) is 56.1 Å². The highest BCUT2D eigenvalue weighted by Crippen LogP contribution is 2.61. The summed E-state index contributed by atoms with van der Waals surface area (Å²) in [5.41, 5.74) is 8.03. The molecular weight excluding hydrogens is 376 g/mol. The maximum atomic E-state index is 12.3. The molecule has 0 heterocycles. The van der Waals surface area contributed by atoms with E-state index in [0.29, 0.717) is 23.5 Å². The van der Waals surface area contributed by atoms with E-state index in [9.17, 15) is 13.5 Å². The van der Waals surface area contributed by atoms with Crippen LogP contribution in [0.2, 0.25) is 0 Å². The average molecular weight is 409 g/mol. The molecule has 156 valence electrons. The van der Waals surface area contributed by atoms with Crippen molar-refractivity contribution in [1.29, 1.82) is 0 Å². The van der Waals surface area contributed by atoms with Gasteiger partial charge in [0.15, 0.2) is 11.5 Å². The molecule has 0 spiro atoms. The lowest BCUT2D eigenvalue weighted by molar-refractivity contribution is 0.0461. The summed E-state index contributed by atoms with van der Waals surface area (Å²) in [5.74, 6) is 2.31. The van der Waals surface area contributed by atoms with Gasteiger partial charge in [-0.25, -0.2) is 13.1 Å². The SMILES string of the molecule is COc1cc2c(cc1O)CCC1C2CC[C@@]2(C)C1CC[C@@H]2NS(=O)(=O)CCN. The number of ether oxygens (including phenoxy) is 1. The van der Waals surface area contributed by atoms with Crippen molar-refractivity contribution in [3.8, 4) is 11.5 Å². The second kappa shape index (κ2) is 7.18. The second-order valence-electron chi connectivity index (χ2n) is 9.04. The molecule has 28 heavy (non-hydrogen) atoms. The Labute approximate surface area is 167 Å². The smallest absolute Gasteiger partial charge is 0.213 e. The summed E-state index contributed by atoms with van der Waals surface area (Å²) in [5, 5.41) is 10.1. The first-order chi connectivity index (χ1) is 13.3. The van der Waals surface area contributed by atoms with Gasteiger partial charge in [-0.1, -0.05) is 6.92 Å². The number of aromatic hydroxyl groups is 1. The maximum absolute atomic E-state index is 12.3. The minimum absolute atomic E-state index is 0.00133. The van der Waals surface area contributed by atoms with Crippen molar-refractivity contribution >= 4 is 10.0 Å². The number of phenols is 1. The number of phenolic OH excluding ortho intramolecular Hbond substituents is 1. The first-order valence-electron chi connectivity index (χ1n) is 10.4. The fourth-order valence-electron chi connectivity index (χ4n) is 6.38. The topological polar surface area (TPSA) is 102 Å². The summed E-state index contributed by atoms with van der Waals surface area (Å²) >= 11 is 0. The van der Waals surface area contributed by atoms with Crippen LogP contribution in [-0.2, 0) is 16.4 Å². The van der Waals surface area contributed by atoms with Gasteiger partial charge >= 0.3 is 0 Å². The Kier molecular flexibility index (Phi) is 5.13. The maximum Gasteiger partial charge on any atom is 0.213 e. The Hall–Kier alpha value is -1.31. The highest BCUT2D eigenvalue weighted by atomic mass is 32.2. The quantitative estimate of drug-likeness (QED) is 0.695. The highest BCUT2D eigenvalue weighted by molar-refractivity contribution is 7.89. The van der Waals surface area contributed by atoms with Crippen LogP contribution >= 0.6 is 0 Å². The molecule has 2 saturated carbocycles. The summed E-state index contributed by atoms with van der Waals surface area (Å²) in [6.45, 7) is 2.43. The third-order valence-corrected chi connectivity index (χ3v) is 9.15. The fraction of sp³-hybridized carbons (Fsp3) is 0.714. The summed E-state index contributed by atoms with van der Waals surface area (Å²) in [6, 6.07) is 3.91. The zero-order chi connectivity index (χ0) is 20.1. The number of rotatable bonds is 5. The van der Waals surface area contributed by atoms with Crippen molar-refractivity contribution < 1.29 is 18.3 Å². The first-order valence-corrected chi connectivity index (χ1v) is 12.0. The molecule has 5 atom stereocenters. The Bertz CT molecular complexity index is 856. The Morgan fingerprint density at radius 2 is 2.07 bits per heavy atom. The number of hydrogen-bond acceptors (Lipinski definition) is 5. The molecule has 7 heteroatoms. The zero-order valence-electron chi connectivity index (χ0n) is 16.8. The molecule has 0 bridgehead atoms. The number of fused-ring (bicyclic) bond motifs is 5. The van der Waals surface area contributed by atoms with E-state index in [-0.39, 0.29) is 29.5 Å². The van der Waals surface area contributed by atoms with Crippen molar-refractivity contribution in [3.63, 3.8) is 0 Å². The van der Waals surface area contributed by atoms with Gasteiger partial charge < -0.3 is 15.6 Å². The van der Waals surface area contributed by atoms with Crippen molar-refractivity contribution in [2.75, 3.05) is 19.4 Å². The van der Waals surface area contributed by atoms with Crippen molar-refractivity contribution in [2.24, 2.45) is 23.0 Å². The van der Waals surface area contributed by atoms with E-state index in [1.165, 1.54) is 11.1 Å². The van der Waals surface area contributed by atoms with Gasteiger partial charge in [0.1, 0.15) is 0 Å². The Balaban J connectivity index is 1.60. The predicted octanol–water partition coefficient (Wildman–Crippen LogP) is 2.50. The van der Waals surface area contributed by atoms with Gasteiger partial charge in [0, 0.05) is 12.6 Å². The lowest BCUT2D eigenvalue weighted by atomic mass is 9.55. The molecule has 6 nitrogen and oxygen atoms in total. The molecule has 1 aromatic rings. The van der Waals surface area contributed by atoms with Crippen LogP contribution in [0.5, 0.6) is 11.5 Å². The van der Waals surface area contributed by atoms with Crippen LogP contribution in [0.4, 0.5) is 0 Å². The number of aryl methyl sites for hydroxylation is 1. The standard InChI is InChI=1S/C21H32N2O4S/c1-21-8-7-14-15(4-3-13-11-18(24)19(27-2)12-16(13)14)17(21)5-6-20(21)23-28(25,26)10-9-22/h11-12,14-15,17,20,23-24H,3-10,22H2,1-2H3/t14?,15?,17?,20-,21-/m0/s1. The zero-order valence-corrected chi connectivity index (χ0v) is 17.6. The summed E-state index contributed by atoms with van der Waals surface area (Å²) in [4.78, 5) is 0. The molecule has 3 unspecified atom stereocenters. The van der Waals surface area contributed by atoms with E-state index in [0.717, 1.165) is 38.5 Å². The molecule has 2 fully saturated rings. The molecule has 4 N–H and O–H groups in total. The number of methoxy groups -OCH3 is 1. The molecule has 0 aliphatic heterocycles. The van der Waals surface area contributed by atoms with Gasteiger partial charge in [-0.3, -0.25) is 0 Å². The molecule has 0 aromatic heterocycles. The van der Waals surface area contributed by atoms with Crippen molar-refractivity contribution in [3.05, 3.63) is 23.3 Å². The normalized spacial score (nSPS) is 34.4. The largest absolute Gasteiger partial charge is 0.504 e. The van der Waals surface area contributed by atoms with Crippen LogP contribution in [0.3, 0.4) is 0 Å². The van der Waals surface area contributed by atoms with Crippen molar-refractivity contribution in [1.82, 2.24) is 4.72 Å². The molecular formula is C21H32N2O4S.